The highest BCUT2D eigenvalue weighted by Gasteiger charge is 2.27. The largest absolute Gasteiger partial charge is 0.489 e. The predicted octanol–water partition coefficient (Wildman–Crippen LogP) is 4.02. The van der Waals surface area contributed by atoms with Crippen LogP contribution in [0.15, 0.2) is 48.5 Å². The zero-order chi connectivity index (χ0) is 19.4. The molecule has 0 aliphatic carbocycles. The van der Waals surface area contributed by atoms with Crippen LogP contribution in [0.5, 0.6) is 5.75 Å². The highest BCUT2D eigenvalue weighted by molar-refractivity contribution is 6.05. The molecule has 1 aliphatic rings. The van der Waals surface area contributed by atoms with Crippen LogP contribution in [0.2, 0.25) is 0 Å². The molecule has 3 N–H and O–H groups in total. The quantitative estimate of drug-likeness (QED) is 0.783. The van der Waals surface area contributed by atoms with Gasteiger partial charge in [-0.25, -0.2) is 0 Å². The van der Waals surface area contributed by atoms with Crippen molar-refractivity contribution in [1.82, 2.24) is 4.90 Å². The Bertz CT molecular complexity index is 781. The van der Waals surface area contributed by atoms with Crippen LogP contribution in [-0.4, -0.2) is 36.5 Å². The summed E-state index contributed by atoms with van der Waals surface area (Å²) in [6.45, 7) is 9.87. The maximum Gasteiger partial charge on any atom is 0.255 e. The number of benzene rings is 2. The van der Waals surface area contributed by atoms with Crippen LogP contribution in [0.3, 0.4) is 0 Å². The molecule has 3 rings (SSSR count). The second-order valence-electron chi connectivity index (χ2n) is 8.39. The van der Waals surface area contributed by atoms with Crippen molar-refractivity contribution < 1.29 is 9.53 Å². The van der Waals surface area contributed by atoms with E-state index in [1.807, 2.05) is 24.3 Å². The Morgan fingerprint density at radius 2 is 1.89 bits per heavy atom. The minimum Gasteiger partial charge on any atom is -0.489 e. The molecule has 1 amide bonds. The average Bonchev–Trinajstić information content (AvgIpc) is 3.02. The Kier molecular flexibility index (Phi) is 5.71. The fraction of sp³-hybridized carbons (Fsp3) is 0.409. The molecule has 0 unspecified atom stereocenters. The summed E-state index contributed by atoms with van der Waals surface area (Å²) in [4.78, 5) is 14.8. The van der Waals surface area contributed by atoms with Gasteiger partial charge >= 0.3 is 0 Å². The van der Waals surface area contributed by atoms with Crippen LogP contribution < -0.4 is 15.8 Å². The highest BCUT2D eigenvalue weighted by atomic mass is 16.5. The van der Waals surface area contributed by atoms with Gasteiger partial charge in [-0.2, -0.15) is 0 Å². The first-order valence-corrected chi connectivity index (χ1v) is 9.45. The Morgan fingerprint density at radius 3 is 2.56 bits per heavy atom. The summed E-state index contributed by atoms with van der Waals surface area (Å²) in [7, 11) is 0. The molecule has 27 heavy (non-hydrogen) atoms. The number of para-hydroxylation sites is 2. The molecule has 0 aromatic heterocycles. The van der Waals surface area contributed by atoms with Crippen LogP contribution in [0.1, 0.15) is 37.6 Å². The fourth-order valence-electron chi connectivity index (χ4n) is 3.39. The van der Waals surface area contributed by atoms with Gasteiger partial charge in [0, 0.05) is 25.2 Å². The molecule has 0 radical (unpaired) electrons. The van der Waals surface area contributed by atoms with Gasteiger partial charge in [-0.05, 0) is 48.2 Å². The van der Waals surface area contributed by atoms with E-state index in [1.54, 1.807) is 24.3 Å². The van der Waals surface area contributed by atoms with Gasteiger partial charge in [0.2, 0.25) is 0 Å². The van der Waals surface area contributed by atoms with Gasteiger partial charge in [-0.15, -0.1) is 0 Å². The first-order valence-electron chi connectivity index (χ1n) is 9.45. The van der Waals surface area contributed by atoms with E-state index in [4.69, 9.17) is 10.5 Å². The number of nitrogen functional groups attached to an aromatic ring is 1. The van der Waals surface area contributed by atoms with Crippen molar-refractivity contribution in [3.05, 3.63) is 54.1 Å². The maximum absolute atomic E-state index is 12.4. The van der Waals surface area contributed by atoms with E-state index in [1.165, 1.54) is 0 Å². The molecule has 2 aromatic rings. The van der Waals surface area contributed by atoms with Crippen molar-refractivity contribution in [3.63, 3.8) is 0 Å². The third-order valence-electron chi connectivity index (χ3n) is 4.56. The number of anilines is 2. The van der Waals surface area contributed by atoms with E-state index in [0.29, 0.717) is 22.4 Å². The molecule has 1 fully saturated rings. The Labute approximate surface area is 161 Å². The third-order valence-corrected chi connectivity index (χ3v) is 4.56. The van der Waals surface area contributed by atoms with Gasteiger partial charge < -0.3 is 15.8 Å². The molecule has 144 valence electrons. The van der Waals surface area contributed by atoms with Crippen LogP contribution in [0.25, 0.3) is 0 Å². The number of hydrogen-bond acceptors (Lipinski definition) is 4. The monoisotopic (exact) mass is 367 g/mol. The number of rotatable bonds is 5. The molecule has 1 saturated heterocycles. The molecule has 1 heterocycles. The number of nitrogens with one attached hydrogen (secondary N) is 1. The van der Waals surface area contributed by atoms with Gasteiger partial charge in [0.15, 0.2) is 0 Å². The van der Waals surface area contributed by atoms with E-state index in [0.717, 1.165) is 31.8 Å². The molecule has 0 saturated carbocycles. The lowest BCUT2D eigenvalue weighted by molar-refractivity contribution is 0.102. The van der Waals surface area contributed by atoms with Gasteiger partial charge in [0.1, 0.15) is 11.9 Å². The second-order valence-corrected chi connectivity index (χ2v) is 8.39. The first kappa shape index (κ1) is 19.2. The molecular weight excluding hydrogens is 338 g/mol. The van der Waals surface area contributed by atoms with Gasteiger partial charge in [0.25, 0.3) is 5.91 Å². The van der Waals surface area contributed by atoms with Crippen LogP contribution >= 0.6 is 0 Å². The minimum atomic E-state index is -0.184. The van der Waals surface area contributed by atoms with Crippen molar-refractivity contribution in [2.75, 3.05) is 30.7 Å². The SMILES string of the molecule is CC(C)(C)CN1CC[C@@H](Oc2ccc(C(=O)Nc3ccccc3N)cc2)C1. The van der Waals surface area contributed by atoms with E-state index in [2.05, 4.69) is 31.0 Å². The lowest BCUT2D eigenvalue weighted by atomic mass is 9.96. The molecule has 5 nitrogen and oxygen atoms in total. The average molecular weight is 367 g/mol. The van der Waals surface area contributed by atoms with E-state index in [9.17, 15) is 4.79 Å². The Hall–Kier alpha value is -2.53. The van der Waals surface area contributed by atoms with Crippen molar-refractivity contribution >= 4 is 17.3 Å². The minimum absolute atomic E-state index is 0.184. The van der Waals surface area contributed by atoms with Crippen molar-refractivity contribution in [2.24, 2.45) is 5.41 Å². The first-order chi connectivity index (χ1) is 12.8. The number of likely N-dealkylation sites (tertiary alicyclic amines) is 1. The second kappa shape index (κ2) is 8.01. The number of nitrogens with two attached hydrogens (primary N) is 1. The fourth-order valence-corrected chi connectivity index (χ4v) is 3.39. The number of nitrogens with zero attached hydrogens (tertiary/aromatic N) is 1. The highest BCUT2D eigenvalue weighted by Crippen LogP contribution is 2.23. The Balaban J connectivity index is 1.55. The molecule has 0 spiro atoms. The predicted molar refractivity (Wildman–Crippen MR) is 110 cm³/mol. The standard InChI is InChI=1S/C22H29N3O2/c1-22(2,3)15-25-13-12-18(14-25)27-17-10-8-16(9-11-17)21(26)24-20-7-5-4-6-19(20)23/h4-11,18H,12-15,23H2,1-3H3,(H,24,26)/t18-/m1/s1. The van der Waals surface area contributed by atoms with E-state index < -0.39 is 0 Å². The summed E-state index contributed by atoms with van der Waals surface area (Å²) >= 11 is 0. The van der Waals surface area contributed by atoms with Gasteiger partial charge in [0.05, 0.1) is 11.4 Å². The molecule has 5 heteroatoms. The van der Waals surface area contributed by atoms with E-state index in [-0.39, 0.29) is 12.0 Å². The van der Waals surface area contributed by atoms with Crippen LogP contribution in [-0.2, 0) is 0 Å². The van der Waals surface area contributed by atoms with Crippen LogP contribution in [0, 0.1) is 5.41 Å². The number of carbonyl (C=O) groups excluding carboxylic acids is 1. The third kappa shape index (κ3) is 5.47. The number of carbonyl (C=O) groups is 1. The number of ether oxygens (including phenoxy) is 1. The molecule has 1 atom stereocenters. The Morgan fingerprint density at radius 1 is 1.19 bits per heavy atom. The summed E-state index contributed by atoms with van der Waals surface area (Å²) in [5.74, 6) is 0.616. The topological polar surface area (TPSA) is 67.6 Å². The lowest BCUT2D eigenvalue weighted by Gasteiger charge is -2.26. The number of amides is 1. The van der Waals surface area contributed by atoms with E-state index >= 15 is 0 Å². The zero-order valence-corrected chi connectivity index (χ0v) is 16.4. The number of hydrogen-bond donors (Lipinski definition) is 2. The van der Waals surface area contributed by atoms with Gasteiger partial charge in [-0.1, -0.05) is 32.9 Å². The van der Waals surface area contributed by atoms with Crippen LogP contribution in [0.4, 0.5) is 11.4 Å². The smallest absolute Gasteiger partial charge is 0.255 e. The molecule has 1 aliphatic heterocycles. The van der Waals surface area contributed by atoms with Crippen molar-refractivity contribution in [1.29, 1.82) is 0 Å². The lowest BCUT2D eigenvalue weighted by Crippen LogP contribution is -2.32. The molecule has 0 bridgehead atoms. The molecular formula is C22H29N3O2. The molecule has 2 aromatic carbocycles. The maximum atomic E-state index is 12.4. The summed E-state index contributed by atoms with van der Waals surface area (Å²) in [5.41, 5.74) is 7.91. The summed E-state index contributed by atoms with van der Waals surface area (Å²) in [6, 6.07) is 14.5. The summed E-state index contributed by atoms with van der Waals surface area (Å²) in [5, 5.41) is 2.84. The van der Waals surface area contributed by atoms with Gasteiger partial charge in [-0.3, -0.25) is 9.69 Å². The normalized spacial score (nSPS) is 17.7. The van der Waals surface area contributed by atoms with Crippen molar-refractivity contribution in [2.45, 2.75) is 33.3 Å². The summed E-state index contributed by atoms with van der Waals surface area (Å²) < 4.78 is 6.10. The summed E-state index contributed by atoms with van der Waals surface area (Å²) in [6.07, 6.45) is 1.24. The zero-order valence-electron chi connectivity index (χ0n) is 16.4. The van der Waals surface area contributed by atoms with Crippen molar-refractivity contribution in [3.8, 4) is 5.75 Å².